The van der Waals surface area contributed by atoms with Gasteiger partial charge in [-0.25, -0.2) is 4.98 Å². The van der Waals surface area contributed by atoms with Crippen LogP contribution in [0.5, 0.6) is 0 Å². The molecule has 3 N–H and O–H groups in total. The maximum Gasteiger partial charge on any atom is 0.261 e. The van der Waals surface area contributed by atoms with E-state index in [0.29, 0.717) is 17.4 Å². The molecule has 0 bridgehead atoms. The molecular formula is C16H21BrN4O2. The van der Waals surface area contributed by atoms with Gasteiger partial charge in [-0.2, -0.15) is 0 Å². The minimum absolute atomic E-state index is 0.0716. The Morgan fingerprint density at radius 2 is 2.09 bits per heavy atom. The van der Waals surface area contributed by atoms with Crippen LogP contribution in [0.1, 0.15) is 26.7 Å². The molecular weight excluding hydrogens is 360 g/mol. The van der Waals surface area contributed by atoms with Crippen LogP contribution in [0.2, 0.25) is 0 Å². The highest BCUT2D eigenvalue weighted by Gasteiger charge is 2.21. The average Bonchev–Trinajstić information content (AvgIpc) is 2.56. The van der Waals surface area contributed by atoms with Crippen LogP contribution >= 0.6 is 15.9 Å². The van der Waals surface area contributed by atoms with E-state index in [1.807, 2.05) is 19.9 Å². The zero-order valence-electron chi connectivity index (χ0n) is 13.3. The third kappa shape index (κ3) is 4.17. The molecule has 0 atom stereocenters. The number of rotatable bonds is 6. The van der Waals surface area contributed by atoms with E-state index in [0.717, 1.165) is 17.3 Å². The topological polar surface area (TPSA) is 90.0 Å². The molecule has 7 heteroatoms. The summed E-state index contributed by atoms with van der Waals surface area (Å²) in [5.74, 6) is -0.250. The van der Waals surface area contributed by atoms with Gasteiger partial charge in [0, 0.05) is 16.6 Å². The Balaban J connectivity index is 2.14. The first kappa shape index (κ1) is 17.6. The number of hydrogen-bond acceptors (Lipinski definition) is 4. The zero-order chi connectivity index (χ0) is 17.0. The second kappa shape index (κ2) is 7.23. The molecule has 6 nitrogen and oxygen atoms in total. The lowest BCUT2D eigenvalue weighted by atomic mass is 9.94. The van der Waals surface area contributed by atoms with Gasteiger partial charge in [-0.15, -0.1) is 0 Å². The summed E-state index contributed by atoms with van der Waals surface area (Å²) in [6.45, 7) is 4.30. The fourth-order valence-corrected chi connectivity index (χ4v) is 2.59. The normalized spacial score (nSPS) is 11.7. The molecule has 0 saturated heterocycles. The van der Waals surface area contributed by atoms with Crippen LogP contribution in [-0.4, -0.2) is 27.5 Å². The number of carbonyl (C=O) groups excluding carboxylic acids is 1. The fourth-order valence-electron chi connectivity index (χ4n) is 2.23. The Labute approximate surface area is 143 Å². The minimum atomic E-state index is -0.410. The molecule has 0 aliphatic carbocycles. The van der Waals surface area contributed by atoms with Crippen LogP contribution in [0.25, 0.3) is 10.9 Å². The molecule has 0 radical (unpaired) electrons. The maximum atomic E-state index is 12.4. The molecule has 0 spiro atoms. The van der Waals surface area contributed by atoms with Gasteiger partial charge in [-0.05, 0) is 31.0 Å². The highest BCUT2D eigenvalue weighted by atomic mass is 79.9. The summed E-state index contributed by atoms with van der Waals surface area (Å²) in [6, 6.07) is 5.29. The second-order valence-corrected chi connectivity index (χ2v) is 6.60. The number of nitrogens with one attached hydrogen (secondary N) is 1. The molecule has 1 aromatic heterocycles. The fraction of sp³-hybridized carbons (Fsp3) is 0.438. The van der Waals surface area contributed by atoms with Crippen molar-refractivity contribution in [1.29, 1.82) is 0 Å². The van der Waals surface area contributed by atoms with E-state index in [4.69, 9.17) is 5.73 Å². The zero-order valence-corrected chi connectivity index (χ0v) is 14.9. The van der Waals surface area contributed by atoms with Gasteiger partial charge in [0.15, 0.2) is 0 Å². The summed E-state index contributed by atoms with van der Waals surface area (Å²) in [5, 5.41) is 3.28. The molecule has 2 aromatic rings. The van der Waals surface area contributed by atoms with Crippen molar-refractivity contribution in [3.8, 4) is 0 Å². The molecule has 0 unspecified atom stereocenters. The monoisotopic (exact) mass is 380 g/mol. The Bertz CT molecular complexity index is 768. The molecule has 0 saturated carbocycles. The SMILES string of the molecule is CCC(N)(CC)CNC(=O)Cn1cnc2ccc(Br)cc2c1=O. The lowest BCUT2D eigenvalue weighted by molar-refractivity contribution is -0.122. The Morgan fingerprint density at radius 1 is 1.39 bits per heavy atom. The molecule has 1 amide bonds. The molecule has 23 heavy (non-hydrogen) atoms. The van der Waals surface area contributed by atoms with Crippen LogP contribution < -0.4 is 16.6 Å². The van der Waals surface area contributed by atoms with E-state index in [2.05, 4.69) is 26.2 Å². The third-order valence-electron chi connectivity index (χ3n) is 4.15. The Morgan fingerprint density at radius 3 is 2.74 bits per heavy atom. The van der Waals surface area contributed by atoms with E-state index >= 15 is 0 Å². The molecule has 1 heterocycles. The number of aromatic nitrogens is 2. The van der Waals surface area contributed by atoms with Crippen molar-refractivity contribution in [3.05, 3.63) is 39.4 Å². The third-order valence-corrected chi connectivity index (χ3v) is 4.64. The van der Waals surface area contributed by atoms with Crippen LogP contribution in [0.15, 0.2) is 33.8 Å². The molecule has 1 aromatic carbocycles. The van der Waals surface area contributed by atoms with Gasteiger partial charge in [-0.1, -0.05) is 29.8 Å². The first-order valence-electron chi connectivity index (χ1n) is 7.59. The van der Waals surface area contributed by atoms with E-state index in [1.54, 1.807) is 12.1 Å². The smallest absolute Gasteiger partial charge is 0.261 e. The molecule has 0 aliphatic heterocycles. The summed E-state index contributed by atoms with van der Waals surface area (Å²) in [7, 11) is 0. The molecule has 124 valence electrons. The lowest BCUT2D eigenvalue weighted by Crippen LogP contribution is -2.50. The van der Waals surface area contributed by atoms with Crippen LogP contribution in [0.3, 0.4) is 0 Å². The lowest BCUT2D eigenvalue weighted by Gasteiger charge is -2.26. The maximum absolute atomic E-state index is 12.4. The van der Waals surface area contributed by atoms with Crippen molar-refractivity contribution < 1.29 is 4.79 Å². The Hall–Kier alpha value is -1.73. The highest BCUT2D eigenvalue weighted by Crippen LogP contribution is 2.14. The largest absolute Gasteiger partial charge is 0.353 e. The van der Waals surface area contributed by atoms with Crippen molar-refractivity contribution in [1.82, 2.24) is 14.9 Å². The summed E-state index contributed by atoms with van der Waals surface area (Å²) in [5.41, 5.74) is 6.11. The number of nitrogens with zero attached hydrogens (tertiary/aromatic N) is 2. The number of halogens is 1. The quantitative estimate of drug-likeness (QED) is 0.799. The van der Waals surface area contributed by atoms with E-state index < -0.39 is 5.54 Å². The molecule has 0 aliphatic rings. The van der Waals surface area contributed by atoms with Gasteiger partial charge >= 0.3 is 0 Å². The summed E-state index contributed by atoms with van der Waals surface area (Å²) < 4.78 is 2.10. The number of amides is 1. The van der Waals surface area contributed by atoms with Crippen molar-refractivity contribution in [2.24, 2.45) is 5.73 Å². The van der Waals surface area contributed by atoms with Crippen molar-refractivity contribution in [2.75, 3.05) is 6.54 Å². The highest BCUT2D eigenvalue weighted by molar-refractivity contribution is 9.10. The Kier molecular flexibility index (Phi) is 5.54. The number of fused-ring (bicyclic) bond motifs is 1. The first-order valence-corrected chi connectivity index (χ1v) is 8.38. The summed E-state index contributed by atoms with van der Waals surface area (Å²) in [4.78, 5) is 28.7. The van der Waals surface area contributed by atoms with Gasteiger partial charge in [0.1, 0.15) is 6.54 Å². The summed E-state index contributed by atoms with van der Waals surface area (Å²) >= 11 is 3.34. The predicted molar refractivity (Wildman–Crippen MR) is 94.2 cm³/mol. The molecule has 0 fully saturated rings. The van der Waals surface area contributed by atoms with Crippen LogP contribution in [0.4, 0.5) is 0 Å². The standard InChI is InChI=1S/C16H21BrN4O2/c1-3-16(18,4-2)9-19-14(22)8-21-10-20-13-6-5-11(17)7-12(13)15(21)23/h5-7,10H,3-4,8-9,18H2,1-2H3,(H,19,22). The van der Waals surface area contributed by atoms with Gasteiger partial charge in [0.05, 0.1) is 17.2 Å². The number of nitrogens with two attached hydrogens (primary N) is 1. The molecule has 2 rings (SSSR count). The van der Waals surface area contributed by atoms with E-state index in [-0.39, 0.29) is 18.0 Å². The first-order chi connectivity index (χ1) is 10.9. The van der Waals surface area contributed by atoms with Gasteiger partial charge in [0.25, 0.3) is 5.56 Å². The number of benzene rings is 1. The second-order valence-electron chi connectivity index (χ2n) is 5.69. The van der Waals surface area contributed by atoms with Crippen molar-refractivity contribution in [2.45, 2.75) is 38.8 Å². The van der Waals surface area contributed by atoms with Crippen LogP contribution in [-0.2, 0) is 11.3 Å². The van der Waals surface area contributed by atoms with Crippen molar-refractivity contribution in [3.63, 3.8) is 0 Å². The summed E-state index contributed by atoms with van der Waals surface area (Å²) in [6.07, 6.45) is 2.94. The van der Waals surface area contributed by atoms with Crippen molar-refractivity contribution >= 4 is 32.7 Å². The minimum Gasteiger partial charge on any atom is -0.353 e. The predicted octanol–water partition coefficient (Wildman–Crippen LogP) is 1.79. The van der Waals surface area contributed by atoms with Gasteiger partial charge < -0.3 is 11.1 Å². The average molecular weight is 381 g/mol. The van der Waals surface area contributed by atoms with E-state index in [1.165, 1.54) is 10.9 Å². The van der Waals surface area contributed by atoms with E-state index in [9.17, 15) is 9.59 Å². The van der Waals surface area contributed by atoms with Gasteiger partial charge in [-0.3, -0.25) is 14.2 Å². The number of carbonyl (C=O) groups is 1. The number of hydrogen-bond donors (Lipinski definition) is 2. The van der Waals surface area contributed by atoms with Gasteiger partial charge in [0.2, 0.25) is 5.91 Å². The van der Waals surface area contributed by atoms with Crippen LogP contribution in [0, 0.1) is 0 Å².